The Kier molecular flexibility index (Phi) is 6.67. The molecule has 2 saturated heterocycles. The molecule has 1 aliphatic carbocycles. The molecule has 3 fully saturated rings. The zero-order valence-electron chi connectivity index (χ0n) is 19.6. The van der Waals surface area contributed by atoms with E-state index in [4.69, 9.17) is 4.74 Å². The molecule has 0 bridgehead atoms. The minimum atomic E-state index is -3.62. The minimum absolute atomic E-state index is 0.0111. The number of aliphatic hydroxyl groups excluding tert-OH is 1. The first-order valence-corrected chi connectivity index (χ1v) is 13.6. The average Bonchev–Trinajstić information content (AvgIpc) is 3.67. The number of hydrogen-bond acceptors (Lipinski definition) is 5. The van der Waals surface area contributed by atoms with Gasteiger partial charge >= 0.3 is 0 Å². The van der Waals surface area contributed by atoms with Crippen LogP contribution in [-0.4, -0.2) is 68.2 Å². The molecule has 6 nitrogen and oxygen atoms in total. The number of ether oxygens (including phenoxy) is 1. The van der Waals surface area contributed by atoms with Crippen molar-refractivity contribution in [3.8, 4) is 17.6 Å². The highest BCUT2D eigenvalue weighted by atomic mass is 32.2. The van der Waals surface area contributed by atoms with Gasteiger partial charge < -0.3 is 9.84 Å². The maximum atomic E-state index is 13.5. The van der Waals surface area contributed by atoms with Crippen molar-refractivity contribution in [3.05, 3.63) is 59.7 Å². The van der Waals surface area contributed by atoms with Crippen LogP contribution in [0.1, 0.15) is 42.7 Å². The van der Waals surface area contributed by atoms with Crippen LogP contribution < -0.4 is 4.74 Å². The van der Waals surface area contributed by atoms with E-state index in [-0.39, 0.29) is 29.5 Å². The van der Waals surface area contributed by atoms with E-state index in [1.165, 1.54) is 12.8 Å². The zero-order chi connectivity index (χ0) is 23.7. The molecule has 34 heavy (non-hydrogen) atoms. The van der Waals surface area contributed by atoms with Crippen molar-refractivity contribution in [2.24, 2.45) is 5.92 Å². The van der Waals surface area contributed by atoms with Crippen LogP contribution in [0.5, 0.6) is 5.75 Å². The molecule has 3 aliphatic rings. The van der Waals surface area contributed by atoms with Gasteiger partial charge in [-0.05, 0) is 74.2 Å². The molecule has 0 spiro atoms. The molecule has 5 rings (SSSR count). The highest BCUT2D eigenvalue weighted by Crippen LogP contribution is 2.42. The standard InChI is InChI=1S/C27H32N2O4S/c1-33-23-12-14-24(15-13-23)34(31,32)28-16-2-3-17-29-25(18-28)27(26(29)19-30)22-10-8-21(9-11-22)7-6-20-4-5-20/h8-15,20,25-27,30H,2-5,16-19H2,1H3/t25-,26-,27+/m1/s1. The Morgan fingerprint density at radius 1 is 1.03 bits per heavy atom. The molecule has 3 atom stereocenters. The molecule has 1 saturated carbocycles. The summed E-state index contributed by atoms with van der Waals surface area (Å²) in [6, 6.07) is 14.9. The predicted molar refractivity (Wildman–Crippen MR) is 131 cm³/mol. The first-order valence-electron chi connectivity index (χ1n) is 12.1. The number of fused-ring (bicyclic) bond motifs is 1. The molecule has 2 aromatic carbocycles. The largest absolute Gasteiger partial charge is 0.497 e. The van der Waals surface area contributed by atoms with E-state index in [0.717, 1.165) is 30.5 Å². The van der Waals surface area contributed by atoms with Crippen LogP contribution in [0.15, 0.2) is 53.4 Å². The summed E-state index contributed by atoms with van der Waals surface area (Å²) in [5, 5.41) is 10.2. The zero-order valence-corrected chi connectivity index (χ0v) is 20.4. The lowest BCUT2D eigenvalue weighted by molar-refractivity contribution is -0.0553. The lowest BCUT2D eigenvalue weighted by atomic mass is 9.74. The predicted octanol–water partition coefficient (Wildman–Crippen LogP) is 3.07. The molecule has 2 heterocycles. The fourth-order valence-electron chi connectivity index (χ4n) is 5.23. The number of hydrogen-bond donors (Lipinski definition) is 1. The summed E-state index contributed by atoms with van der Waals surface area (Å²) in [7, 11) is -2.06. The molecule has 0 aromatic heterocycles. The van der Waals surface area contributed by atoms with Crippen LogP contribution in [0, 0.1) is 17.8 Å². The van der Waals surface area contributed by atoms with E-state index in [9.17, 15) is 13.5 Å². The number of benzene rings is 2. The van der Waals surface area contributed by atoms with Crippen molar-refractivity contribution in [3.63, 3.8) is 0 Å². The van der Waals surface area contributed by atoms with Crippen LogP contribution in [0.4, 0.5) is 0 Å². The summed E-state index contributed by atoms with van der Waals surface area (Å²) in [4.78, 5) is 2.58. The van der Waals surface area contributed by atoms with Crippen molar-refractivity contribution < 1.29 is 18.3 Å². The highest BCUT2D eigenvalue weighted by Gasteiger charge is 2.50. The monoisotopic (exact) mass is 480 g/mol. The quantitative estimate of drug-likeness (QED) is 0.666. The second-order valence-electron chi connectivity index (χ2n) is 9.49. The average molecular weight is 481 g/mol. The van der Waals surface area contributed by atoms with Crippen molar-refractivity contribution in [2.75, 3.05) is 33.4 Å². The summed E-state index contributed by atoms with van der Waals surface area (Å²) in [6.07, 6.45) is 4.12. The third-order valence-corrected chi connectivity index (χ3v) is 9.20. The van der Waals surface area contributed by atoms with E-state index in [0.29, 0.717) is 24.8 Å². The Labute approximate surface area is 202 Å². The number of nitrogens with zero attached hydrogens (tertiary/aromatic N) is 2. The fraction of sp³-hybridized carbons (Fsp3) is 0.481. The molecule has 0 unspecified atom stereocenters. The van der Waals surface area contributed by atoms with Crippen molar-refractivity contribution in [1.29, 1.82) is 0 Å². The van der Waals surface area contributed by atoms with Gasteiger partial charge in [-0.15, -0.1) is 0 Å². The van der Waals surface area contributed by atoms with Crippen LogP contribution in [0.25, 0.3) is 0 Å². The molecule has 0 amide bonds. The summed E-state index contributed by atoms with van der Waals surface area (Å²) >= 11 is 0. The van der Waals surface area contributed by atoms with Crippen molar-refractivity contribution >= 4 is 10.0 Å². The Hall–Kier alpha value is -2.37. The van der Waals surface area contributed by atoms with Crippen LogP contribution in [-0.2, 0) is 10.0 Å². The van der Waals surface area contributed by atoms with Crippen molar-refractivity contribution in [2.45, 2.75) is 48.6 Å². The smallest absolute Gasteiger partial charge is 0.243 e. The highest BCUT2D eigenvalue weighted by molar-refractivity contribution is 7.89. The Balaban J connectivity index is 1.38. The summed E-state index contributed by atoms with van der Waals surface area (Å²) < 4.78 is 33.8. The van der Waals surface area contributed by atoms with Gasteiger partial charge in [0, 0.05) is 42.6 Å². The van der Waals surface area contributed by atoms with E-state index < -0.39 is 10.0 Å². The van der Waals surface area contributed by atoms with Gasteiger partial charge in [0.05, 0.1) is 18.6 Å². The van der Waals surface area contributed by atoms with Gasteiger partial charge in [-0.1, -0.05) is 24.0 Å². The second-order valence-corrected chi connectivity index (χ2v) is 11.4. The summed E-state index contributed by atoms with van der Waals surface area (Å²) in [5.41, 5.74) is 2.15. The SMILES string of the molecule is COc1ccc(S(=O)(=O)N2CCCCN3[C@H](CO)[C@@H](c4ccc(C#CC5CC5)cc4)[C@H]3C2)cc1. The van der Waals surface area contributed by atoms with Crippen LogP contribution in [0.2, 0.25) is 0 Å². The van der Waals surface area contributed by atoms with Crippen LogP contribution in [0.3, 0.4) is 0 Å². The Morgan fingerprint density at radius 3 is 2.38 bits per heavy atom. The number of aliphatic hydroxyl groups is 1. The van der Waals surface area contributed by atoms with Gasteiger partial charge in [0.2, 0.25) is 10.0 Å². The fourth-order valence-corrected chi connectivity index (χ4v) is 6.72. The lowest BCUT2D eigenvalue weighted by Crippen LogP contribution is -2.67. The molecular formula is C27H32N2O4S. The maximum Gasteiger partial charge on any atom is 0.243 e. The first-order chi connectivity index (χ1) is 16.5. The summed E-state index contributed by atoms with van der Waals surface area (Å²) in [5.74, 6) is 7.83. The molecule has 0 radical (unpaired) electrons. The third-order valence-electron chi connectivity index (χ3n) is 7.32. The minimum Gasteiger partial charge on any atom is -0.497 e. The molecular weight excluding hydrogens is 448 g/mol. The lowest BCUT2D eigenvalue weighted by Gasteiger charge is -2.57. The van der Waals surface area contributed by atoms with Gasteiger partial charge in [-0.3, -0.25) is 4.90 Å². The number of rotatable bonds is 5. The van der Waals surface area contributed by atoms with E-state index in [1.54, 1.807) is 35.7 Å². The van der Waals surface area contributed by atoms with Gasteiger partial charge in [0.15, 0.2) is 0 Å². The van der Waals surface area contributed by atoms with Crippen molar-refractivity contribution in [1.82, 2.24) is 9.21 Å². The number of methoxy groups -OCH3 is 1. The Morgan fingerprint density at radius 2 is 1.74 bits per heavy atom. The van der Waals surface area contributed by atoms with Gasteiger partial charge in [0.1, 0.15) is 5.75 Å². The van der Waals surface area contributed by atoms with E-state index in [2.05, 4.69) is 41.0 Å². The van der Waals surface area contributed by atoms with Gasteiger partial charge in [-0.2, -0.15) is 4.31 Å². The number of sulfonamides is 1. The molecule has 7 heteroatoms. The Bertz CT molecular complexity index is 1160. The first kappa shape index (κ1) is 23.4. The van der Waals surface area contributed by atoms with Gasteiger partial charge in [-0.25, -0.2) is 8.42 Å². The van der Waals surface area contributed by atoms with Crippen LogP contribution >= 0.6 is 0 Å². The summed E-state index contributed by atoms with van der Waals surface area (Å²) in [6.45, 7) is 1.87. The molecule has 2 aliphatic heterocycles. The second kappa shape index (κ2) is 9.71. The molecule has 2 aromatic rings. The van der Waals surface area contributed by atoms with E-state index >= 15 is 0 Å². The molecule has 180 valence electrons. The van der Waals surface area contributed by atoms with E-state index in [1.807, 2.05) is 0 Å². The maximum absolute atomic E-state index is 13.5. The topological polar surface area (TPSA) is 70.1 Å². The normalized spacial score (nSPS) is 25.8. The third kappa shape index (κ3) is 4.60. The van der Waals surface area contributed by atoms with Gasteiger partial charge in [0.25, 0.3) is 0 Å². The molecule has 1 N–H and O–H groups in total.